The van der Waals surface area contributed by atoms with Gasteiger partial charge in [0.25, 0.3) is 0 Å². The zero-order chi connectivity index (χ0) is 18.5. The Morgan fingerprint density at radius 1 is 1.27 bits per heavy atom. The van der Waals surface area contributed by atoms with Gasteiger partial charge in [0.15, 0.2) is 0 Å². The molecule has 1 aromatic carbocycles. The molecule has 138 valence electrons. The second-order valence-electron chi connectivity index (χ2n) is 6.25. The second-order valence-corrected chi connectivity index (χ2v) is 9.25. The molecule has 2 heterocycles. The predicted octanol–water partition coefficient (Wildman–Crippen LogP) is 3.46. The molecule has 0 atom stereocenters. The minimum Gasteiger partial charge on any atom is -0.369 e. The number of rotatable bonds is 6. The van der Waals surface area contributed by atoms with Crippen molar-refractivity contribution in [2.45, 2.75) is 29.4 Å². The molecule has 5 nitrogen and oxygen atoms in total. The van der Waals surface area contributed by atoms with E-state index in [1.54, 1.807) is 23.1 Å². The normalized spacial score (nSPS) is 15.2. The van der Waals surface area contributed by atoms with Gasteiger partial charge in [-0.25, -0.2) is 4.98 Å². The zero-order valence-electron chi connectivity index (χ0n) is 14.2. The molecule has 1 aliphatic rings. The molecule has 2 aromatic rings. The number of nitrogens with two attached hydrogens (primary N) is 1. The van der Waals surface area contributed by atoms with Gasteiger partial charge in [-0.05, 0) is 30.5 Å². The van der Waals surface area contributed by atoms with Crippen molar-refractivity contribution in [3.63, 3.8) is 0 Å². The van der Waals surface area contributed by atoms with Crippen molar-refractivity contribution in [3.8, 4) is 0 Å². The summed E-state index contributed by atoms with van der Waals surface area (Å²) in [6, 6.07) is 8.24. The SMILES string of the molecule is NC(=O)C1CCN(C(=O)Cc2csc(SCc3ccc(Br)cc3)n2)CC1. The van der Waals surface area contributed by atoms with Crippen LogP contribution in [0.3, 0.4) is 0 Å². The lowest BCUT2D eigenvalue weighted by molar-refractivity contribution is -0.134. The quantitative estimate of drug-likeness (QED) is 0.679. The topological polar surface area (TPSA) is 76.3 Å². The van der Waals surface area contributed by atoms with Crippen LogP contribution in [0.2, 0.25) is 0 Å². The number of halogens is 1. The molecule has 3 rings (SSSR count). The monoisotopic (exact) mass is 453 g/mol. The molecule has 2 N–H and O–H groups in total. The first-order chi connectivity index (χ1) is 12.5. The van der Waals surface area contributed by atoms with Crippen LogP contribution in [0.15, 0.2) is 38.5 Å². The van der Waals surface area contributed by atoms with Gasteiger partial charge in [0.05, 0.1) is 12.1 Å². The minimum absolute atomic E-state index is 0.0719. The summed E-state index contributed by atoms with van der Waals surface area (Å²) in [4.78, 5) is 30.0. The number of nitrogens with zero attached hydrogens (tertiary/aromatic N) is 2. The Bertz CT molecular complexity index is 771. The first-order valence-electron chi connectivity index (χ1n) is 8.40. The van der Waals surface area contributed by atoms with Crippen LogP contribution in [0.5, 0.6) is 0 Å². The molecule has 2 amide bonds. The summed E-state index contributed by atoms with van der Waals surface area (Å²) in [7, 11) is 0. The van der Waals surface area contributed by atoms with E-state index in [0.29, 0.717) is 32.4 Å². The third-order valence-corrected chi connectivity index (χ3v) is 7.06. The number of primary amides is 1. The highest BCUT2D eigenvalue weighted by atomic mass is 79.9. The number of piperidine rings is 1. The molecular weight excluding hydrogens is 434 g/mol. The molecule has 1 saturated heterocycles. The molecule has 0 unspecified atom stereocenters. The smallest absolute Gasteiger partial charge is 0.228 e. The Labute approximate surface area is 169 Å². The van der Waals surface area contributed by atoms with Crippen LogP contribution < -0.4 is 5.73 Å². The summed E-state index contributed by atoms with van der Waals surface area (Å²) in [6.07, 6.45) is 1.63. The lowest BCUT2D eigenvalue weighted by Crippen LogP contribution is -2.42. The Morgan fingerprint density at radius 2 is 1.96 bits per heavy atom. The van der Waals surface area contributed by atoms with Gasteiger partial charge in [-0.1, -0.05) is 39.8 Å². The number of benzene rings is 1. The van der Waals surface area contributed by atoms with E-state index in [1.165, 1.54) is 5.56 Å². The summed E-state index contributed by atoms with van der Waals surface area (Å²) in [6.45, 7) is 1.20. The summed E-state index contributed by atoms with van der Waals surface area (Å²) >= 11 is 6.69. The number of aromatic nitrogens is 1. The minimum atomic E-state index is -0.260. The van der Waals surface area contributed by atoms with E-state index in [4.69, 9.17) is 5.73 Å². The number of amides is 2. The lowest BCUT2D eigenvalue weighted by atomic mass is 9.96. The number of carbonyl (C=O) groups excluding carboxylic acids is 2. The van der Waals surface area contributed by atoms with Crippen LogP contribution in [0.25, 0.3) is 0 Å². The summed E-state index contributed by atoms with van der Waals surface area (Å²) in [5.41, 5.74) is 7.39. The maximum Gasteiger partial charge on any atom is 0.228 e. The molecule has 1 aromatic heterocycles. The average Bonchev–Trinajstić information content (AvgIpc) is 3.08. The first kappa shape index (κ1) is 19.4. The fourth-order valence-electron chi connectivity index (χ4n) is 2.84. The van der Waals surface area contributed by atoms with E-state index < -0.39 is 0 Å². The molecule has 1 fully saturated rings. The largest absolute Gasteiger partial charge is 0.369 e. The van der Waals surface area contributed by atoms with Crippen LogP contribution in [0.4, 0.5) is 0 Å². The van der Waals surface area contributed by atoms with Crippen molar-refractivity contribution >= 4 is 50.8 Å². The summed E-state index contributed by atoms with van der Waals surface area (Å²) in [5.74, 6) is 0.570. The third kappa shape index (κ3) is 5.31. The van der Waals surface area contributed by atoms with Gasteiger partial charge < -0.3 is 10.6 Å². The Balaban J connectivity index is 1.48. The van der Waals surface area contributed by atoms with E-state index in [-0.39, 0.29) is 17.7 Å². The van der Waals surface area contributed by atoms with Gasteiger partial charge in [0.2, 0.25) is 11.8 Å². The van der Waals surface area contributed by atoms with Gasteiger partial charge in [-0.15, -0.1) is 11.3 Å². The second kappa shape index (κ2) is 9.01. The number of thiazole rings is 1. The molecule has 0 aliphatic carbocycles. The summed E-state index contributed by atoms with van der Waals surface area (Å²) < 4.78 is 2.05. The zero-order valence-corrected chi connectivity index (χ0v) is 17.4. The van der Waals surface area contributed by atoms with Crippen molar-refractivity contribution in [2.75, 3.05) is 13.1 Å². The molecular formula is C18H20BrN3O2S2. The number of hydrogen-bond donors (Lipinski definition) is 1. The highest BCUT2D eigenvalue weighted by molar-refractivity contribution is 9.10. The number of hydrogen-bond acceptors (Lipinski definition) is 5. The number of carbonyl (C=O) groups is 2. The van der Waals surface area contributed by atoms with Crippen molar-refractivity contribution < 1.29 is 9.59 Å². The van der Waals surface area contributed by atoms with Gasteiger partial charge in [-0.2, -0.15) is 0 Å². The molecule has 0 saturated carbocycles. The fraction of sp³-hybridized carbons (Fsp3) is 0.389. The van der Waals surface area contributed by atoms with Crippen LogP contribution in [-0.2, 0) is 21.8 Å². The van der Waals surface area contributed by atoms with Gasteiger partial charge in [0, 0.05) is 34.6 Å². The first-order valence-corrected chi connectivity index (χ1v) is 11.1. The maximum absolute atomic E-state index is 12.4. The number of likely N-dealkylation sites (tertiary alicyclic amines) is 1. The Kier molecular flexibility index (Phi) is 6.72. The third-order valence-electron chi connectivity index (χ3n) is 4.39. The lowest BCUT2D eigenvalue weighted by Gasteiger charge is -2.30. The Hall–Kier alpha value is -1.38. The Morgan fingerprint density at radius 3 is 2.62 bits per heavy atom. The van der Waals surface area contributed by atoms with Crippen LogP contribution in [-0.4, -0.2) is 34.8 Å². The van der Waals surface area contributed by atoms with E-state index in [1.807, 2.05) is 22.4 Å². The van der Waals surface area contributed by atoms with Crippen LogP contribution in [0.1, 0.15) is 24.1 Å². The highest BCUT2D eigenvalue weighted by Crippen LogP contribution is 2.27. The van der Waals surface area contributed by atoms with E-state index in [9.17, 15) is 9.59 Å². The molecule has 0 spiro atoms. The van der Waals surface area contributed by atoms with Crippen LogP contribution in [0, 0.1) is 5.92 Å². The molecule has 0 bridgehead atoms. The van der Waals surface area contributed by atoms with Gasteiger partial charge in [-0.3, -0.25) is 9.59 Å². The van der Waals surface area contributed by atoms with Gasteiger partial charge in [0.1, 0.15) is 4.34 Å². The molecule has 1 aliphatic heterocycles. The number of thioether (sulfide) groups is 1. The van der Waals surface area contributed by atoms with E-state index >= 15 is 0 Å². The highest BCUT2D eigenvalue weighted by Gasteiger charge is 2.26. The molecule has 8 heteroatoms. The fourth-order valence-corrected chi connectivity index (χ4v) is 4.91. The molecule has 26 heavy (non-hydrogen) atoms. The van der Waals surface area contributed by atoms with Crippen molar-refractivity contribution in [2.24, 2.45) is 11.7 Å². The van der Waals surface area contributed by atoms with Crippen molar-refractivity contribution in [3.05, 3.63) is 45.4 Å². The van der Waals surface area contributed by atoms with Crippen molar-refractivity contribution in [1.82, 2.24) is 9.88 Å². The van der Waals surface area contributed by atoms with Crippen molar-refractivity contribution in [1.29, 1.82) is 0 Å². The molecule has 0 radical (unpaired) electrons. The maximum atomic E-state index is 12.4. The van der Waals surface area contributed by atoms with Crippen LogP contribution >= 0.6 is 39.0 Å². The predicted molar refractivity (Wildman–Crippen MR) is 108 cm³/mol. The standard InChI is InChI=1S/C18H20BrN3O2S2/c19-14-3-1-12(2-4-14)10-25-18-21-15(11-26-18)9-16(23)22-7-5-13(6-8-22)17(20)24/h1-4,11,13H,5-10H2,(H2,20,24). The van der Waals surface area contributed by atoms with Gasteiger partial charge >= 0.3 is 0 Å². The summed E-state index contributed by atoms with van der Waals surface area (Å²) in [5, 5.41) is 1.96. The van der Waals surface area contributed by atoms with E-state index in [0.717, 1.165) is 20.3 Å². The van der Waals surface area contributed by atoms with E-state index in [2.05, 4.69) is 33.0 Å². The average molecular weight is 454 g/mol.